The second-order valence-corrected chi connectivity index (χ2v) is 7.65. The van der Waals surface area contributed by atoms with Crippen LogP contribution < -0.4 is 0 Å². The molecule has 0 radical (unpaired) electrons. The molecular weight excluding hydrogens is 330 g/mol. The summed E-state index contributed by atoms with van der Waals surface area (Å²) >= 11 is 6.06. The molecule has 3 rings (SSSR count). The smallest absolute Gasteiger partial charge is 0.116 e. The van der Waals surface area contributed by atoms with E-state index in [2.05, 4.69) is 37.2 Å². The van der Waals surface area contributed by atoms with Crippen molar-refractivity contribution in [3.8, 4) is 5.75 Å². The summed E-state index contributed by atoms with van der Waals surface area (Å²) in [6.07, 6.45) is 4.50. The molecule has 1 aliphatic carbocycles. The molecule has 2 aromatic rings. The zero-order chi connectivity index (χ0) is 17.8. The zero-order valence-corrected chi connectivity index (χ0v) is 15.8. The fraction of sp³-hybridized carbons (Fsp3) is 0.364. The van der Waals surface area contributed by atoms with Gasteiger partial charge in [-0.3, -0.25) is 0 Å². The normalized spacial score (nSPS) is 18.5. The highest BCUT2D eigenvalue weighted by Gasteiger charge is 2.22. The van der Waals surface area contributed by atoms with Gasteiger partial charge in [-0.1, -0.05) is 41.4 Å². The zero-order valence-electron chi connectivity index (χ0n) is 15.0. The van der Waals surface area contributed by atoms with Crippen molar-refractivity contribution in [2.24, 2.45) is 0 Å². The Morgan fingerprint density at radius 3 is 2.56 bits per heavy atom. The molecule has 1 unspecified atom stereocenters. The molecule has 0 amide bonds. The fourth-order valence-corrected chi connectivity index (χ4v) is 3.92. The highest BCUT2D eigenvalue weighted by Crippen LogP contribution is 2.40. The summed E-state index contributed by atoms with van der Waals surface area (Å²) in [5, 5.41) is 10.7. The van der Waals surface area contributed by atoms with Gasteiger partial charge in [-0.25, -0.2) is 0 Å². The minimum absolute atomic E-state index is 0.335. The van der Waals surface area contributed by atoms with Gasteiger partial charge in [-0.05, 0) is 86.7 Å². The van der Waals surface area contributed by atoms with Crippen LogP contribution in [0.5, 0.6) is 5.75 Å². The first-order valence-corrected chi connectivity index (χ1v) is 9.31. The molecule has 132 valence electrons. The van der Waals surface area contributed by atoms with E-state index in [9.17, 15) is 5.11 Å². The standard InChI is InChI=1S/C22H26ClNO/c1-24(2)15-19-7-3-5-17(16-9-11-20(23)12-10-16)14-22(19)18-6-4-8-21(25)13-18/h4,6,8-13,17,25H,3,5,7,14-15H2,1-2H3. The molecule has 0 aliphatic heterocycles. The summed E-state index contributed by atoms with van der Waals surface area (Å²) in [6, 6.07) is 16.0. The van der Waals surface area contributed by atoms with Crippen LogP contribution in [-0.2, 0) is 0 Å². The van der Waals surface area contributed by atoms with E-state index in [-0.39, 0.29) is 0 Å². The molecule has 1 aliphatic rings. The Bertz CT molecular complexity index is 749. The molecular formula is C22H26ClNO. The first-order valence-electron chi connectivity index (χ1n) is 8.93. The second-order valence-electron chi connectivity index (χ2n) is 7.22. The number of hydrogen-bond acceptors (Lipinski definition) is 2. The number of phenols is 1. The van der Waals surface area contributed by atoms with Gasteiger partial charge in [0.25, 0.3) is 0 Å². The van der Waals surface area contributed by atoms with Crippen molar-refractivity contribution in [3.05, 3.63) is 70.3 Å². The molecule has 1 N–H and O–H groups in total. The van der Waals surface area contributed by atoms with Crippen molar-refractivity contribution in [1.29, 1.82) is 0 Å². The largest absolute Gasteiger partial charge is 0.508 e. The number of rotatable bonds is 4. The molecule has 0 spiro atoms. The van der Waals surface area contributed by atoms with Crippen molar-refractivity contribution in [3.63, 3.8) is 0 Å². The summed E-state index contributed by atoms with van der Waals surface area (Å²) in [5.74, 6) is 0.829. The average Bonchev–Trinajstić information content (AvgIpc) is 2.78. The minimum Gasteiger partial charge on any atom is -0.508 e. The summed E-state index contributed by atoms with van der Waals surface area (Å²) in [4.78, 5) is 2.24. The summed E-state index contributed by atoms with van der Waals surface area (Å²) in [6.45, 7) is 0.971. The lowest BCUT2D eigenvalue weighted by atomic mass is 9.87. The molecule has 1 atom stereocenters. The third kappa shape index (κ3) is 4.65. The number of benzene rings is 2. The number of aromatic hydroxyl groups is 1. The van der Waals surface area contributed by atoms with Crippen LogP contribution in [-0.4, -0.2) is 30.6 Å². The summed E-state index contributed by atoms with van der Waals surface area (Å²) in [5.41, 5.74) is 5.39. The topological polar surface area (TPSA) is 23.5 Å². The quantitative estimate of drug-likeness (QED) is 0.758. The van der Waals surface area contributed by atoms with Crippen LogP contribution in [0.15, 0.2) is 54.1 Å². The number of allylic oxidation sites excluding steroid dienone is 1. The molecule has 2 aromatic carbocycles. The SMILES string of the molecule is CN(C)CC1=C(c2cccc(O)c2)CC(c2ccc(Cl)cc2)CCC1. The van der Waals surface area contributed by atoms with E-state index in [4.69, 9.17) is 11.6 Å². The molecule has 3 heteroatoms. The third-order valence-corrected chi connectivity index (χ3v) is 5.20. The number of halogens is 1. The maximum absolute atomic E-state index is 9.95. The van der Waals surface area contributed by atoms with Gasteiger partial charge >= 0.3 is 0 Å². The molecule has 0 saturated heterocycles. The molecule has 0 saturated carbocycles. The lowest BCUT2D eigenvalue weighted by Gasteiger charge is -2.20. The van der Waals surface area contributed by atoms with Gasteiger partial charge in [0.2, 0.25) is 0 Å². The minimum atomic E-state index is 0.335. The predicted octanol–water partition coefficient (Wildman–Crippen LogP) is 5.72. The van der Waals surface area contributed by atoms with Crippen LogP contribution in [0, 0.1) is 0 Å². The van der Waals surface area contributed by atoms with E-state index in [1.54, 1.807) is 6.07 Å². The lowest BCUT2D eigenvalue weighted by molar-refractivity contribution is 0.438. The first kappa shape index (κ1) is 18.0. The van der Waals surface area contributed by atoms with Crippen molar-refractivity contribution in [2.45, 2.75) is 31.6 Å². The van der Waals surface area contributed by atoms with Crippen LogP contribution in [0.3, 0.4) is 0 Å². The van der Waals surface area contributed by atoms with Crippen LogP contribution in [0.25, 0.3) is 5.57 Å². The van der Waals surface area contributed by atoms with Gasteiger partial charge in [-0.15, -0.1) is 0 Å². The predicted molar refractivity (Wildman–Crippen MR) is 106 cm³/mol. The number of nitrogens with zero attached hydrogens (tertiary/aromatic N) is 1. The number of phenolic OH excluding ortho intramolecular Hbond substituents is 1. The van der Waals surface area contributed by atoms with Crippen LogP contribution in [0.4, 0.5) is 0 Å². The molecule has 0 heterocycles. The molecule has 0 bridgehead atoms. The van der Waals surface area contributed by atoms with Gasteiger partial charge in [0, 0.05) is 11.6 Å². The van der Waals surface area contributed by atoms with E-state index in [1.165, 1.54) is 29.6 Å². The van der Waals surface area contributed by atoms with E-state index < -0.39 is 0 Å². The van der Waals surface area contributed by atoms with E-state index in [0.29, 0.717) is 11.7 Å². The maximum Gasteiger partial charge on any atom is 0.116 e. The second kappa shape index (κ2) is 8.07. The monoisotopic (exact) mass is 355 g/mol. The van der Waals surface area contributed by atoms with Crippen LogP contribution in [0.2, 0.25) is 5.02 Å². The van der Waals surface area contributed by atoms with Gasteiger partial charge in [-0.2, -0.15) is 0 Å². The van der Waals surface area contributed by atoms with Crippen molar-refractivity contribution in [1.82, 2.24) is 4.90 Å². The maximum atomic E-state index is 9.95. The Balaban J connectivity index is 1.98. The van der Waals surface area contributed by atoms with Crippen molar-refractivity contribution in [2.75, 3.05) is 20.6 Å². The highest BCUT2D eigenvalue weighted by atomic mass is 35.5. The molecule has 25 heavy (non-hydrogen) atoms. The van der Waals surface area contributed by atoms with Gasteiger partial charge in [0.15, 0.2) is 0 Å². The Kier molecular flexibility index (Phi) is 5.82. The molecule has 0 aromatic heterocycles. The van der Waals surface area contributed by atoms with Gasteiger partial charge in [0.1, 0.15) is 5.75 Å². The van der Waals surface area contributed by atoms with Gasteiger partial charge < -0.3 is 10.0 Å². The first-order chi connectivity index (χ1) is 12.0. The van der Waals surface area contributed by atoms with Crippen molar-refractivity contribution < 1.29 is 5.11 Å². The number of likely N-dealkylation sites (N-methyl/N-ethyl adjacent to an activating group) is 1. The third-order valence-electron chi connectivity index (χ3n) is 4.95. The van der Waals surface area contributed by atoms with Crippen LogP contribution in [0.1, 0.15) is 42.7 Å². The Hall–Kier alpha value is -1.77. The Morgan fingerprint density at radius 2 is 1.88 bits per heavy atom. The number of hydrogen-bond donors (Lipinski definition) is 1. The summed E-state index contributed by atoms with van der Waals surface area (Å²) in [7, 11) is 4.24. The van der Waals surface area contributed by atoms with E-state index in [1.807, 2.05) is 24.3 Å². The van der Waals surface area contributed by atoms with Crippen LogP contribution >= 0.6 is 11.6 Å². The van der Waals surface area contributed by atoms with E-state index >= 15 is 0 Å². The Labute approximate surface area is 155 Å². The summed E-state index contributed by atoms with van der Waals surface area (Å²) < 4.78 is 0. The van der Waals surface area contributed by atoms with E-state index in [0.717, 1.165) is 30.0 Å². The highest BCUT2D eigenvalue weighted by molar-refractivity contribution is 6.30. The lowest BCUT2D eigenvalue weighted by Crippen LogP contribution is -2.16. The van der Waals surface area contributed by atoms with Crippen molar-refractivity contribution >= 4 is 17.2 Å². The average molecular weight is 356 g/mol. The Morgan fingerprint density at radius 1 is 1.12 bits per heavy atom. The molecule has 0 fully saturated rings. The molecule has 2 nitrogen and oxygen atoms in total. The van der Waals surface area contributed by atoms with Gasteiger partial charge in [0.05, 0.1) is 0 Å². The fourth-order valence-electron chi connectivity index (χ4n) is 3.80.